The minimum atomic E-state index is -3.16. The molecule has 4 bridgehead atoms. The van der Waals surface area contributed by atoms with Gasteiger partial charge in [-0.2, -0.15) is 16.8 Å². The molecular weight excluding hydrogens is 364 g/mol. The Hall–Kier alpha value is -0.180. The number of rotatable bonds is 0. The lowest BCUT2D eigenvalue weighted by atomic mass is 9.88. The zero-order chi connectivity index (χ0) is 18.1. The lowest BCUT2D eigenvalue weighted by Gasteiger charge is -2.19. The van der Waals surface area contributed by atoms with Crippen molar-refractivity contribution in [2.24, 2.45) is 29.6 Å². The third-order valence-corrected chi connectivity index (χ3v) is 10.8. The van der Waals surface area contributed by atoms with Gasteiger partial charge in [0.15, 0.2) is 0 Å². The molecule has 2 saturated heterocycles. The molecule has 0 aromatic carbocycles. The van der Waals surface area contributed by atoms with Gasteiger partial charge in [-0.3, -0.25) is 8.37 Å². The van der Waals surface area contributed by atoms with E-state index in [1.165, 1.54) is 0 Å². The largest absolute Gasteiger partial charge is 0.270 e. The van der Waals surface area contributed by atoms with E-state index in [0.29, 0.717) is 29.6 Å². The van der Waals surface area contributed by atoms with Crippen molar-refractivity contribution in [3.05, 3.63) is 0 Å². The maximum atomic E-state index is 11.4. The topological polar surface area (TPSA) is 86.7 Å². The highest BCUT2D eigenvalue weighted by molar-refractivity contribution is 7.87. The number of hydrogen-bond donors (Lipinski definition) is 0. The van der Waals surface area contributed by atoms with E-state index in [1.807, 2.05) is 13.8 Å². The summed E-state index contributed by atoms with van der Waals surface area (Å²) in [6.07, 6.45) is 4.96. The number of fused-ring (bicyclic) bond motifs is 2. The van der Waals surface area contributed by atoms with Gasteiger partial charge in [-0.15, -0.1) is 0 Å². The zero-order valence-electron chi connectivity index (χ0n) is 15.0. The van der Waals surface area contributed by atoms with Crippen molar-refractivity contribution in [2.45, 2.75) is 75.6 Å². The summed E-state index contributed by atoms with van der Waals surface area (Å²) in [5.41, 5.74) is 0. The Morgan fingerprint density at radius 3 is 1.92 bits per heavy atom. The molecule has 0 amide bonds. The molecule has 2 aliphatic heterocycles. The molecule has 6 nitrogen and oxygen atoms in total. The molecule has 4 aliphatic carbocycles. The Labute approximate surface area is 150 Å². The van der Waals surface area contributed by atoms with Crippen molar-refractivity contribution in [3.8, 4) is 0 Å². The van der Waals surface area contributed by atoms with E-state index >= 15 is 0 Å². The van der Waals surface area contributed by atoms with Crippen LogP contribution in [-0.4, -0.2) is 39.5 Å². The second-order valence-electron chi connectivity index (χ2n) is 8.25. The van der Waals surface area contributed by atoms with Crippen LogP contribution in [0.5, 0.6) is 0 Å². The fraction of sp³-hybridized carbons (Fsp3) is 1.00. The van der Waals surface area contributed by atoms with Gasteiger partial charge < -0.3 is 0 Å². The van der Waals surface area contributed by atoms with E-state index in [9.17, 15) is 16.8 Å². The summed E-state index contributed by atoms with van der Waals surface area (Å²) in [5.74, 6) is 2.40. The molecule has 0 radical (unpaired) electrons. The first-order valence-corrected chi connectivity index (χ1v) is 12.5. The van der Waals surface area contributed by atoms with Crippen LogP contribution in [0.4, 0.5) is 0 Å². The van der Waals surface area contributed by atoms with Crippen LogP contribution < -0.4 is 0 Å². The summed E-state index contributed by atoms with van der Waals surface area (Å²) < 4.78 is 55.4. The quantitative estimate of drug-likeness (QED) is 0.588. The summed E-state index contributed by atoms with van der Waals surface area (Å²) in [6, 6.07) is 0. The predicted octanol–water partition coefficient (Wildman–Crippen LogP) is 2.30. The first kappa shape index (κ1) is 18.2. The Bertz CT molecular complexity index is 743. The Morgan fingerprint density at radius 1 is 0.760 bits per heavy atom. The third-order valence-electron chi connectivity index (χ3n) is 7.21. The molecule has 144 valence electrons. The molecule has 6 rings (SSSR count). The fourth-order valence-corrected chi connectivity index (χ4v) is 10.0. The van der Waals surface area contributed by atoms with Crippen LogP contribution in [0.2, 0.25) is 0 Å². The molecule has 6 fully saturated rings. The summed E-state index contributed by atoms with van der Waals surface area (Å²) in [4.78, 5) is 0. The average molecular weight is 393 g/mol. The van der Waals surface area contributed by atoms with Gasteiger partial charge in [0, 0.05) is 11.8 Å². The van der Waals surface area contributed by atoms with Crippen molar-refractivity contribution >= 4 is 20.2 Å². The first-order chi connectivity index (χ1) is 11.8. The van der Waals surface area contributed by atoms with Crippen LogP contribution in [0, 0.1) is 29.6 Å². The maximum Gasteiger partial charge on any atom is 0.270 e. The third kappa shape index (κ3) is 2.62. The SMILES string of the molecule is CC.CC1C2CC3C1OS(=O)(=O)C3C2.O=S1(=O)OC2CC3CC2C1C3. The predicted molar refractivity (Wildman–Crippen MR) is 92.7 cm³/mol. The Kier molecular flexibility index (Phi) is 4.30. The van der Waals surface area contributed by atoms with Crippen LogP contribution in [0.25, 0.3) is 0 Å². The van der Waals surface area contributed by atoms with Crippen molar-refractivity contribution in [2.75, 3.05) is 0 Å². The lowest BCUT2D eigenvalue weighted by molar-refractivity contribution is 0.141. The monoisotopic (exact) mass is 392 g/mol. The minimum absolute atomic E-state index is 0.0266. The van der Waals surface area contributed by atoms with E-state index in [-0.39, 0.29) is 22.7 Å². The van der Waals surface area contributed by atoms with Crippen molar-refractivity contribution < 1.29 is 25.2 Å². The fourth-order valence-electron chi connectivity index (χ4n) is 6.13. The second-order valence-corrected chi connectivity index (χ2v) is 11.8. The normalized spacial score (nSPS) is 54.0. The second kappa shape index (κ2) is 5.91. The van der Waals surface area contributed by atoms with E-state index in [2.05, 4.69) is 6.92 Å². The number of hydrogen-bond acceptors (Lipinski definition) is 6. The molecule has 0 spiro atoms. The van der Waals surface area contributed by atoms with E-state index in [0.717, 1.165) is 32.1 Å². The first-order valence-electron chi connectivity index (χ1n) is 9.60. The molecular formula is C17H28O6S2. The molecule has 4 saturated carbocycles. The summed E-state index contributed by atoms with van der Waals surface area (Å²) in [5, 5.41) is -0.282. The van der Waals surface area contributed by atoms with Crippen molar-refractivity contribution in [3.63, 3.8) is 0 Å². The van der Waals surface area contributed by atoms with Gasteiger partial charge in [0.1, 0.15) is 0 Å². The smallest absolute Gasteiger partial charge is 0.266 e. The van der Waals surface area contributed by atoms with E-state index < -0.39 is 20.2 Å². The molecule has 9 unspecified atom stereocenters. The molecule has 0 aromatic heterocycles. The molecule has 9 atom stereocenters. The van der Waals surface area contributed by atoms with Crippen molar-refractivity contribution in [1.82, 2.24) is 0 Å². The Balaban J connectivity index is 0.000000115. The van der Waals surface area contributed by atoms with Gasteiger partial charge >= 0.3 is 0 Å². The standard InChI is InChI=1S/C8H12O3S.C7H10O3S.C2H6/c1-4-5-2-6-7(3-5)12(9,10)11-8(4)6;8-11(9)7-3-4-1-5(7)6(2-4)10-11;1-2/h4-8H,2-3H2,1H3;4-7H,1-3H2;1-2H3. The summed E-state index contributed by atoms with van der Waals surface area (Å²) >= 11 is 0. The van der Waals surface area contributed by atoms with E-state index in [1.54, 1.807) is 0 Å². The average Bonchev–Trinajstić information content (AvgIpc) is 3.32. The molecule has 8 heteroatoms. The van der Waals surface area contributed by atoms with Crippen LogP contribution in [-0.2, 0) is 28.6 Å². The van der Waals surface area contributed by atoms with Gasteiger partial charge in [0.05, 0.1) is 22.7 Å². The van der Waals surface area contributed by atoms with Crippen LogP contribution >= 0.6 is 0 Å². The highest BCUT2D eigenvalue weighted by atomic mass is 32.2. The van der Waals surface area contributed by atoms with Gasteiger partial charge in [-0.1, -0.05) is 20.8 Å². The van der Waals surface area contributed by atoms with Crippen LogP contribution in [0.1, 0.15) is 52.9 Å². The highest BCUT2D eigenvalue weighted by Gasteiger charge is 2.62. The minimum Gasteiger partial charge on any atom is -0.266 e. The molecule has 25 heavy (non-hydrogen) atoms. The summed E-state index contributed by atoms with van der Waals surface area (Å²) in [6.45, 7) is 6.12. The molecule has 2 heterocycles. The lowest BCUT2D eigenvalue weighted by Crippen LogP contribution is -2.27. The van der Waals surface area contributed by atoms with Gasteiger partial charge in [-0.05, 0) is 49.9 Å². The molecule has 0 aromatic rings. The maximum absolute atomic E-state index is 11.4. The Morgan fingerprint density at radius 2 is 1.40 bits per heavy atom. The van der Waals surface area contributed by atoms with E-state index in [4.69, 9.17) is 8.37 Å². The van der Waals surface area contributed by atoms with Crippen LogP contribution in [0.3, 0.4) is 0 Å². The van der Waals surface area contributed by atoms with Crippen LogP contribution in [0.15, 0.2) is 0 Å². The van der Waals surface area contributed by atoms with Gasteiger partial charge in [-0.25, -0.2) is 0 Å². The van der Waals surface area contributed by atoms with Gasteiger partial charge in [0.25, 0.3) is 20.2 Å². The summed E-state index contributed by atoms with van der Waals surface area (Å²) in [7, 11) is -6.30. The van der Waals surface area contributed by atoms with Gasteiger partial charge in [0.2, 0.25) is 0 Å². The molecule has 0 N–H and O–H groups in total. The molecule has 6 aliphatic rings. The van der Waals surface area contributed by atoms with Crippen molar-refractivity contribution in [1.29, 1.82) is 0 Å². The highest BCUT2D eigenvalue weighted by Crippen LogP contribution is 2.57. The zero-order valence-corrected chi connectivity index (χ0v) is 16.6.